The highest BCUT2D eigenvalue weighted by molar-refractivity contribution is 5.94. The molecule has 0 aromatic carbocycles. The first-order valence-electron chi connectivity index (χ1n) is 3.51. The van der Waals surface area contributed by atoms with Gasteiger partial charge >= 0.3 is 6.03 Å². The Labute approximate surface area is 64.3 Å². The van der Waals surface area contributed by atoms with E-state index in [2.05, 4.69) is 5.32 Å². The number of hydrogen-bond donors (Lipinski definition) is 3. The minimum atomic E-state index is -0.799. The molecule has 3 amide bonds. The van der Waals surface area contributed by atoms with Crippen LogP contribution in [0.5, 0.6) is 0 Å². The van der Waals surface area contributed by atoms with Crippen molar-refractivity contribution in [2.45, 2.75) is 18.9 Å². The summed E-state index contributed by atoms with van der Waals surface area (Å²) >= 11 is 0. The third kappa shape index (κ3) is 3.57. The summed E-state index contributed by atoms with van der Waals surface area (Å²) in [5.74, 6) is -0.371. The summed E-state index contributed by atoms with van der Waals surface area (Å²) in [6, 6.07) is -0.332. The zero-order chi connectivity index (χ0) is 8.27. The van der Waals surface area contributed by atoms with Crippen LogP contribution >= 0.6 is 0 Å². The normalized spacial score (nSPS) is 16.0. The highest BCUT2D eigenvalue weighted by Crippen LogP contribution is 2.17. The van der Waals surface area contributed by atoms with Gasteiger partial charge in [-0.2, -0.15) is 0 Å². The number of carbonyl (C=O) groups excluding carboxylic acids is 2. The molecule has 0 aromatic heterocycles. The molecule has 5 nitrogen and oxygen atoms in total. The maximum absolute atomic E-state index is 10.7. The molecule has 5 heteroatoms. The molecule has 0 bridgehead atoms. The van der Waals surface area contributed by atoms with Crippen molar-refractivity contribution in [1.29, 1.82) is 0 Å². The molecule has 4 N–H and O–H groups in total. The number of urea groups is 1. The molecule has 0 aromatic rings. The maximum Gasteiger partial charge on any atom is 0.318 e. The van der Waals surface area contributed by atoms with Crippen LogP contribution in [0.25, 0.3) is 0 Å². The Morgan fingerprint density at radius 1 is 1.45 bits per heavy atom. The minimum absolute atomic E-state index is 0.174. The van der Waals surface area contributed by atoms with Gasteiger partial charge < -0.3 is 11.1 Å². The van der Waals surface area contributed by atoms with Crippen LogP contribution in [0.2, 0.25) is 0 Å². The number of rotatable bonds is 3. The van der Waals surface area contributed by atoms with Crippen LogP contribution in [-0.4, -0.2) is 24.5 Å². The topological polar surface area (TPSA) is 84.2 Å². The number of amides is 3. The number of nitrogens with one attached hydrogen (secondary N) is 2. The summed E-state index contributed by atoms with van der Waals surface area (Å²) in [6.07, 6.45) is 2.23. The second-order valence-electron chi connectivity index (χ2n) is 2.57. The molecule has 1 aliphatic rings. The molecule has 1 rings (SSSR count). The Morgan fingerprint density at radius 2 is 2.09 bits per heavy atom. The number of nitrogens with two attached hydrogens (primary N) is 1. The Kier molecular flexibility index (Phi) is 2.43. The molecule has 0 radical (unpaired) electrons. The standard InChI is InChI=1S/C6H11N3O2/c7-6(11)9-5(10)3-8-4-1-2-4/h4,8H,1-3H2,(H3,7,9,10,11). The number of imide groups is 1. The summed E-state index contributed by atoms with van der Waals surface area (Å²) in [6.45, 7) is 0.174. The molecule has 0 heterocycles. The Bertz CT molecular complexity index is 177. The van der Waals surface area contributed by atoms with Gasteiger partial charge in [0.2, 0.25) is 5.91 Å². The summed E-state index contributed by atoms with van der Waals surface area (Å²) in [4.78, 5) is 20.8. The van der Waals surface area contributed by atoms with E-state index in [0.29, 0.717) is 6.04 Å². The first kappa shape index (κ1) is 8.00. The van der Waals surface area contributed by atoms with E-state index in [1.54, 1.807) is 0 Å². The lowest BCUT2D eigenvalue weighted by atomic mass is 10.5. The lowest BCUT2D eigenvalue weighted by Crippen LogP contribution is -2.41. The van der Waals surface area contributed by atoms with E-state index in [1.807, 2.05) is 5.32 Å². The fourth-order valence-electron chi connectivity index (χ4n) is 0.706. The predicted molar refractivity (Wildman–Crippen MR) is 38.8 cm³/mol. The van der Waals surface area contributed by atoms with Crippen LogP contribution in [0, 0.1) is 0 Å². The fourth-order valence-corrected chi connectivity index (χ4v) is 0.706. The van der Waals surface area contributed by atoms with E-state index in [9.17, 15) is 9.59 Å². The lowest BCUT2D eigenvalue weighted by molar-refractivity contribution is -0.119. The number of primary amides is 1. The quantitative estimate of drug-likeness (QED) is 0.488. The molecular formula is C6H11N3O2. The summed E-state index contributed by atoms with van der Waals surface area (Å²) in [5, 5.41) is 4.91. The van der Waals surface area contributed by atoms with E-state index in [-0.39, 0.29) is 12.5 Å². The third-order valence-electron chi connectivity index (χ3n) is 1.39. The predicted octanol–water partition coefficient (Wildman–Crippen LogP) is -1.07. The van der Waals surface area contributed by atoms with Gasteiger partial charge in [-0.1, -0.05) is 0 Å². The van der Waals surface area contributed by atoms with Gasteiger partial charge in [-0.3, -0.25) is 10.1 Å². The minimum Gasteiger partial charge on any atom is -0.351 e. The maximum atomic E-state index is 10.7. The monoisotopic (exact) mass is 157 g/mol. The van der Waals surface area contributed by atoms with E-state index in [4.69, 9.17) is 5.73 Å². The summed E-state index contributed by atoms with van der Waals surface area (Å²) in [5.41, 5.74) is 4.72. The molecule has 1 aliphatic carbocycles. The average molecular weight is 157 g/mol. The van der Waals surface area contributed by atoms with Crippen molar-refractivity contribution in [1.82, 2.24) is 10.6 Å². The number of carbonyl (C=O) groups is 2. The Morgan fingerprint density at radius 3 is 2.55 bits per heavy atom. The molecule has 1 fully saturated rings. The first-order valence-corrected chi connectivity index (χ1v) is 3.51. The van der Waals surface area contributed by atoms with Gasteiger partial charge in [-0.05, 0) is 12.8 Å². The molecule has 0 atom stereocenters. The molecule has 1 saturated carbocycles. The van der Waals surface area contributed by atoms with E-state index in [1.165, 1.54) is 0 Å². The molecule has 0 aliphatic heterocycles. The van der Waals surface area contributed by atoms with E-state index < -0.39 is 6.03 Å². The SMILES string of the molecule is NC(=O)NC(=O)CNC1CC1. The fraction of sp³-hybridized carbons (Fsp3) is 0.667. The largest absolute Gasteiger partial charge is 0.351 e. The van der Waals surface area contributed by atoms with Gasteiger partial charge in [0.15, 0.2) is 0 Å². The molecular weight excluding hydrogens is 146 g/mol. The van der Waals surface area contributed by atoms with Crippen molar-refractivity contribution in [2.24, 2.45) is 5.73 Å². The lowest BCUT2D eigenvalue weighted by Gasteiger charge is -2.00. The smallest absolute Gasteiger partial charge is 0.318 e. The van der Waals surface area contributed by atoms with Gasteiger partial charge in [-0.25, -0.2) is 4.79 Å². The third-order valence-corrected chi connectivity index (χ3v) is 1.39. The zero-order valence-electron chi connectivity index (χ0n) is 6.09. The summed E-state index contributed by atoms with van der Waals surface area (Å²) < 4.78 is 0. The van der Waals surface area contributed by atoms with Crippen LogP contribution in [0.15, 0.2) is 0 Å². The second kappa shape index (κ2) is 3.34. The van der Waals surface area contributed by atoms with Gasteiger partial charge in [0.25, 0.3) is 0 Å². The molecule has 0 saturated heterocycles. The average Bonchev–Trinajstić information content (AvgIpc) is 2.63. The van der Waals surface area contributed by atoms with Crippen molar-refractivity contribution >= 4 is 11.9 Å². The zero-order valence-corrected chi connectivity index (χ0v) is 6.09. The molecule has 0 spiro atoms. The van der Waals surface area contributed by atoms with Gasteiger partial charge in [0.1, 0.15) is 0 Å². The van der Waals surface area contributed by atoms with Crippen LogP contribution in [0.3, 0.4) is 0 Å². The van der Waals surface area contributed by atoms with Gasteiger partial charge in [0.05, 0.1) is 6.54 Å². The molecule has 0 unspecified atom stereocenters. The van der Waals surface area contributed by atoms with Gasteiger partial charge in [0, 0.05) is 6.04 Å². The Hall–Kier alpha value is -1.10. The first-order chi connectivity index (χ1) is 5.18. The molecule has 11 heavy (non-hydrogen) atoms. The highest BCUT2D eigenvalue weighted by atomic mass is 16.2. The summed E-state index contributed by atoms with van der Waals surface area (Å²) in [7, 11) is 0. The van der Waals surface area contributed by atoms with Crippen molar-refractivity contribution in [3.8, 4) is 0 Å². The van der Waals surface area contributed by atoms with Crippen LogP contribution < -0.4 is 16.4 Å². The van der Waals surface area contributed by atoms with E-state index >= 15 is 0 Å². The second-order valence-corrected chi connectivity index (χ2v) is 2.57. The van der Waals surface area contributed by atoms with E-state index in [0.717, 1.165) is 12.8 Å². The van der Waals surface area contributed by atoms with Crippen molar-refractivity contribution < 1.29 is 9.59 Å². The van der Waals surface area contributed by atoms with Crippen LogP contribution in [-0.2, 0) is 4.79 Å². The van der Waals surface area contributed by atoms with Gasteiger partial charge in [-0.15, -0.1) is 0 Å². The van der Waals surface area contributed by atoms with Crippen molar-refractivity contribution in [3.63, 3.8) is 0 Å². The highest BCUT2D eigenvalue weighted by Gasteiger charge is 2.21. The van der Waals surface area contributed by atoms with Crippen molar-refractivity contribution in [2.75, 3.05) is 6.54 Å². The Balaban J connectivity index is 2.04. The van der Waals surface area contributed by atoms with Crippen LogP contribution in [0.1, 0.15) is 12.8 Å². The van der Waals surface area contributed by atoms with Crippen LogP contribution in [0.4, 0.5) is 4.79 Å². The molecule has 62 valence electrons. The van der Waals surface area contributed by atoms with Crippen molar-refractivity contribution in [3.05, 3.63) is 0 Å². The number of hydrogen-bond acceptors (Lipinski definition) is 3.